The van der Waals surface area contributed by atoms with Gasteiger partial charge in [0.05, 0.1) is 26.3 Å². The minimum Gasteiger partial charge on any atom is -0.493 e. The zero-order chi connectivity index (χ0) is 22.4. The van der Waals surface area contributed by atoms with Gasteiger partial charge in [-0.1, -0.05) is 31.2 Å². The number of rotatable bonds is 9. The minimum atomic E-state index is -0.785. The standard InChI is InChI=1S/C24H28N2O5/c1-4-8-22(27)25(14-13-17-11-12-20(30-2)21(15-17)31-3)19-16-23(28)26(24(19)29)18-9-6-5-7-10-18/h5-7,9-12,15,19H,4,8,13-14,16H2,1-3H3. The number of para-hydroxylation sites is 1. The first-order valence-electron chi connectivity index (χ1n) is 10.4. The predicted octanol–water partition coefficient (Wildman–Crippen LogP) is 3.21. The van der Waals surface area contributed by atoms with Crippen LogP contribution >= 0.6 is 0 Å². The van der Waals surface area contributed by atoms with Gasteiger partial charge in [0.25, 0.3) is 5.91 Å². The van der Waals surface area contributed by atoms with Crippen molar-refractivity contribution in [3.8, 4) is 11.5 Å². The first kappa shape index (κ1) is 22.3. The molecular weight excluding hydrogens is 396 g/mol. The molecule has 31 heavy (non-hydrogen) atoms. The molecule has 7 nitrogen and oxygen atoms in total. The van der Waals surface area contributed by atoms with Gasteiger partial charge in [-0.25, -0.2) is 4.90 Å². The van der Waals surface area contributed by atoms with E-state index in [1.54, 1.807) is 43.4 Å². The molecule has 1 fully saturated rings. The minimum absolute atomic E-state index is 0.00485. The van der Waals surface area contributed by atoms with E-state index < -0.39 is 6.04 Å². The molecule has 7 heteroatoms. The second-order valence-corrected chi connectivity index (χ2v) is 7.40. The summed E-state index contributed by atoms with van der Waals surface area (Å²) in [6.07, 6.45) is 1.52. The lowest BCUT2D eigenvalue weighted by Gasteiger charge is -2.28. The third-order valence-corrected chi connectivity index (χ3v) is 5.39. The van der Waals surface area contributed by atoms with E-state index in [2.05, 4.69) is 0 Å². The molecule has 1 unspecified atom stereocenters. The SMILES string of the molecule is CCCC(=O)N(CCc1ccc(OC)c(OC)c1)C1CC(=O)N(c2ccccc2)C1=O. The molecule has 3 amide bonds. The summed E-state index contributed by atoms with van der Waals surface area (Å²) >= 11 is 0. The molecule has 2 aromatic rings. The quantitative estimate of drug-likeness (QED) is 0.578. The maximum absolute atomic E-state index is 13.1. The van der Waals surface area contributed by atoms with Crippen LogP contribution < -0.4 is 14.4 Å². The van der Waals surface area contributed by atoms with Crippen LogP contribution in [-0.2, 0) is 20.8 Å². The van der Waals surface area contributed by atoms with Crippen LogP contribution in [0.15, 0.2) is 48.5 Å². The van der Waals surface area contributed by atoms with E-state index in [-0.39, 0.29) is 24.1 Å². The van der Waals surface area contributed by atoms with E-state index in [4.69, 9.17) is 9.47 Å². The van der Waals surface area contributed by atoms with Gasteiger partial charge in [0, 0.05) is 13.0 Å². The molecule has 164 valence electrons. The molecule has 0 spiro atoms. The van der Waals surface area contributed by atoms with Crippen molar-refractivity contribution in [3.63, 3.8) is 0 Å². The summed E-state index contributed by atoms with van der Waals surface area (Å²) in [5.41, 5.74) is 1.48. The van der Waals surface area contributed by atoms with E-state index in [1.807, 2.05) is 31.2 Å². The second kappa shape index (κ2) is 10.1. The van der Waals surface area contributed by atoms with Crippen molar-refractivity contribution in [2.45, 2.75) is 38.6 Å². The first-order chi connectivity index (χ1) is 15.0. The Morgan fingerprint density at radius 1 is 1.06 bits per heavy atom. The van der Waals surface area contributed by atoms with Crippen LogP contribution in [0.3, 0.4) is 0 Å². The Kier molecular flexibility index (Phi) is 7.28. The van der Waals surface area contributed by atoms with Crippen molar-refractivity contribution in [2.75, 3.05) is 25.7 Å². The van der Waals surface area contributed by atoms with Gasteiger partial charge in [-0.2, -0.15) is 0 Å². The van der Waals surface area contributed by atoms with Crippen molar-refractivity contribution in [2.24, 2.45) is 0 Å². The number of methoxy groups -OCH3 is 2. The number of nitrogens with zero attached hydrogens (tertiary/aromatic N) is 2. The zero-order valence-electron chi connectivity index (χ0n) is 18.2. The Hall–Kier alpha value is -3.35. The molecule has 1 saturated heterocycles. The molecule has 3 rings (SSSR count). The zero-order valence-corrected chi connectivity index (χ0v) is 18.2. The average Bonchev–Trinajstić information content (AvgIpc) is 3.08. The van der Waals surface area contributed by atoms with Gasteiger partial charge >= 0.3 is 0 Å². The largest absolute Gasteiger partial charge is 0.493 e. The molecule has 1 aliphatic rings. The Bertz CT molecular complexity index is 944. The van der Waals surface area contributed by atoms with Gasteiger partial charge in [0.1, 0.15) is 6.04 Å². The Labute approximate surface area is 182 Å². The fraction of sp³-hybridized carbons (Fsp3) is 0.375. The molecule has 0 saturated carbocycles. The number of hydrogen-bond acceptors (Lipinski definition) is 5. The number of benzene rings is 2. The second-order valence-electron chi connectivity index (χ2n) is 7.40. The molecule has 1 aliphatic heterocycles. The van der Waals surface area contributed by atoms with Gasteiger partial charge < -0.3 is 14.4 Å². The average molecular weight is 424 g/mol. The van der Waals surface area contributed by atoms with Gasteiger partial charge in [-0.05, 0) is 42.7 Å². The number of anilines is 1. The number of carbonyl (C=O) groups excluding carboxylic acids is 3. The molecule has 0 N–H and O–H groups in total. The lowest BCUT2D eigenvalue weighted by atomic mass is 10.1. The number of carbonyl (C=O) groups is 3. The van der Waals surface area contributed by atoms with Gasteiger partial charge in [-0.3, -0.25) is 14.4 Å². The van der Waals surface area contributed by atoms with E-state index in [9.17, 15) is 14.4 Å². The van der Waals surface area contributed by atoms with Crippen LogP contribution in [0.25, 0.3) is 0 Å². The van der Waals surface area contributed by atoms with Crippen LogP contribution in [-0.4, -0.2) is 49.4 Å². The third kappa shape index (κ3) is 4.87. The fourth-order valence-corrected chi connectivity index (χ4v) is 3.81. The summed E-state index contributed by atoms with van der Waals surface area (Å²) in [5.74, 6) is 0.465. The van der Waals surface area contributed by atoms with Crippen molar-refractivity contribution < 1.29 is 23.9 Å². The summed E-state index contributed by atoms with van der Waals surface area (Å²) in [4.78, 5) is 41.4. The Morgan fingerprint density at radius 3 is 2.42 bits per heavy atom. The predicted molar refractivity (Wildman–Crippen MR) is 117 cm³/mol. The van der Waals surface area contributed by atoms with Gasteiger partial charge in [0.15, 0.2) is 11.5 Å². The van der Waals surface area contributed by atoms with Crippen LogP contribution in [0.5, 0.6) is 11.5 Å². The normalized spacial score (nSPS) is 15.8. The lowest BCUT2D eigenvalue weighted by Crippen LogP contribution is -2.46. The highest BCUT2D eigenvalue weighted by Crippen LogP contribution is 2.29. The summed E-state index contributed by atoms with van der Waals surface area (Å²) in [7, 11) is 3.14. The Morgan fingerprint density at radius 2 is 1.77 bits per heavy atom. The molecule has 2 aromatic carbocycles. The highest BCUT2D eigenvalue weighted by molar-refractivity contribution is 6.23. The maximum Gasteiger partial charge on any atom is 0.257 e. The number of hydrogen-bond donors (Lipinski definition) is 0. The molecular formula is C24H28N2O5. The van der Waals surface area contributed by atoms with Gasteiger partial charge in [-0.15, -0.1) is 0 Å². The molecule has 0 aromatic heterocycles. The first-order valence-corrected chi connectivity index (χ1v) is 10.4. The molecule has 0 aliphatic carbocycles. The van der Waals surface area contributed by atoms with Crippen LogP contribution in [0.4, 0.5) is 5.69 Å². The van der Waals surface area contributed by atoms with Crippen molar-refractivity contribution >= 4 is 23.4 Å². The van der Waals surface area contributed by atoms with Gasteiger partial charge in [0.2, 0.25) is 11.8 Å². The van der Waals surface area contributed by atoms with E-state index in [1.165, 1.54) is 4.90 Å². The molecule has 0 radical (unpaired) electrons. The van der Waals surface area contributed by atoms with E-state index >= 15 is 0 Å². The smallest absolute Gasteiger partial charge is 0.257 e. The molecule has 0 bridgehead atoms. The van der Waals surface area contributed by atoms with Crippen LogP contribution in [0.1, 0.15) is 31.7 Å². The van der Waals surface area contributed by atoms with E-state index in [0.29, 0.717) is 43.0 Å². The summed E-state index contributed by atoms with van der Waals surface area (Å²) in [6.45, 7) is 2.25. The summed E-state index contributed by atoms with van der Waals surface area (Å²) in [6, 6.07) is 13.6. The van der Waals surface area contributed by atoms with E-state index in [0.717, 1.165) is 5.56 Å². The Balaban J connectivity index is 1.81. The summed E-state index contributed by atoms with van der Waals surface area (Å²) < 4.78 is 10.6. The maximum atomic E-state index is 13.1. The van der Waals surface area contributed by atoms with Crippen LogP contribution in [0.2, 0.25) is 0 Å². The molecule has 1 heterocycles. The monoisotopic (exact) mass is 424 g/mol. The van der Waals surface area contributed by atoms with Crippen molar-refractivity contribution in [1.82, 2.24) is 4.90 Å². The highest BCUT2D eigenvalue weighted by atomic mass is 16.5. The number of amides is 3. The van der Waals surface area contributed by atoms with Crippen molar-refractivity contribution in [3.05, 3.63) is 54.1 Å². The third-order valence-electron chi connectivity index (χ3n) is 5.39. The topological polar surface area (TPSA) is 76.2 Å². The number of ether oxygens (including phenoxy) is 2. The highest BCUT2D eigenvalue weighted by Gasteiger charge is 2.43. The summed E-state index contributed by atoms with van der Waals surface area (Å²) in [5, 5.41) is 0. The number of imide groups is 1. The molecule has 1 atom stereocenters. The lowest BCUT2D eigenvalue weighted by molar-refractivity contribution is -0.138. The fourth-order valence-electron chi connectivity index (χ4n) is 3.81. The van der Waals surface area contributed by atoms with Crippen LogP contribution in [0, 0.1) is 0 Å². The van der Waals surface area contributed by atoms with Crippen molar-refractivity contribution in [1.29, 1.82) is 0 Å².